The lowest BCUT2D eigenvalue weighted by atomic mass is 9.98. The highest BCUT2D eigenvalue weighted by Crippen LogP contribution is 2.41. The number of para-hydroxylation sites is 1. The predicted octanol–water partition coefficient (Wildman–Crippen LogP) is 14.0. The summed E-state index contributed by atoms with van der Waals surface area (Å²) in [5, 5.41) is 3.19. The second-order valence-electron chi connectivity index (χ2n) is 14.6. The van der Waals surface area contributed by atoms with Crippen molar-refractivity contribution >= 4 is 32.8 Å². The highest BCUT2D eigenvalue weighted by molar-refractivity contribution is 6.21. The smallest absolute Gasteiger partial charge is 0.164 e. The van der Waals surface area contributed by atoms with E-state index in [-0.39, 0.29) is 0 Å². The number of furan rings is 1. The first-order valence-corrected chi connectivity index (χ1v) is 19.7. The maximum Gasteiger partial charge on any atom is 0.164 e. The van der Waals surface area contributed by atoms with Crippen LogP contribution in [0.2, 0.25) is 0 Å². The molecule has 0 radical (unpaired) electrons. The van der Waals surface area contributed by atoms with E-state index >= 15 is 0 Å². The van der Waals surface area contributed by atoms with E-state index in [0.29, 0.717) is 17.5 Å². The second-order valence-corrected chi connectivity index (χ2v) is 14.6. The minimum atomic E-state index is 0.588. The van der Waals surface area contributed by atoms with E-state index in [1.165, 1.54) is 0 Å². The number of hydrogen-bond donors (Lipinski definition) is 0. The molecule has 276 valence electrons. The van der Waals surface area contributed by atoms with Crippen molar-refractivity contribution in [3.8, 4) is 78.8 Å². The maximum atomic E-state index is 6.61. The van der Waals surface area contributed by atoms with Crippen LogP contribution in [0.4, 0.5) is 0 Å². The minimum Gasteiger partial charge on any atom is -0.454 e. The summed E-state index contributed by atoms with van der Waals surface area (Å²) in [6, 6.07) is 71.0. The lowest BCUT2D eigenvalue weighted by Gasteiger charge is -2.11. The molecule has 0 unspecified atom stereocenters. The number of rotatable bonds is 7. The molecule has 8 aromatic carbocycles. The van der Waals surface area contributed by atoms with Gasteiger partial charge in [0.05, 0.1) is 5.52 Å². The standard InChI is InChI=1S/C54H34N4O/c1-4-12-35(13-5-1)38-20-26-41(27-21-38)52-56-53(42-28-22-39(23-29-42)36-14-6-2-7-15-36)58-54(57-52)43-30-24-40(25-31-43)50-51-49(45-18-10-11-19-48(45)59-51)46-34-44(32-33-47(46)55-50)37-16-8-3-9-17-37/h1-34H. The van der Waals surface area contributed by atoms with E-state index in [2.05, 4.69) is 176 Å². The van der Waals surface area contributed by atoms with E-state index in [1.807, 2.05) is 30.3 Å². The average molecular weight is 755 g/mol. The van der Waals surface area contributed by atoms with Crippen LogP contribution in [-0.2, 0) is 0 Å². The molecular weight excluding hydrogens is 721 g/mol. The van der Waals surface area contributed by atoms with Crippen molar-refractivity contribution in [3.05, 3.63) is 206 Å². The van der Waals surface area contributed by atoms with Crippen molar-refractivity contribution in [1.29, 1.82) is 0 Å². The lowest BCUT2D eigenvalue weighted by Crippen LogP contribution is -2.00. The Bertz CT molecular complexity index is 3170. The molecule has 0 aliphatic carbocycles. The molecule has 0 atom stereocenters. The largest absolute Gasteiger partial charge is 0.454 e. The van der Waals surface area contributed by atoms with Gasteiger partial charge in [0.2, 0.25) is 0 Å². The van der Waals surface area contributed by atoms with E-state index in [4.69, 9.17) is 24.4 Å². The summed E-state index contributed by atoms with van der Waals surface area (Å²) in [5.41, 5.74) is 13.8. The van der Waals surface area contributed by atoms with Crippen molar-refractivity contribution in [2.45, 2.75) is 0 Å². The molecule has 0 amide bonds. The normalized spacial score (nSPS) is 11.4. The number of fused-ring (bicyclic) bond motifs is 5. The quantitative estimate of drug-likeness (QED) is 0.162. The Balaban J connectivity index is 1.01. The third kappa shape index (κ3) is 6.41. The van der Waals surface area contributed by atoms with Crippen molar-refractivity contribution in [3.63, 3.8) is 0 Å². The summed E-state index contributed by atoms with van der Waals surface area (Å²) >= 11 is 0. The van der Waals surface area contributed by atoms with Crippen LogP contribution < -0.4 is 0 Å². The van der Waals surface area contributed by atoms with Crippen LogP contribution in [0, 0.1) is 0 Å². The first-order chi connectivity index (χ1) is 29.2. The first kappa shape index (κ1) is 34.2. The molecule has 0 N–H and O–H groups in total. The Morgan fingerprint density at radius 2 is 0.678 bits per heavy atom. The van der Waals surface area contributed by atoms with Gasteiger partial charge in [0.15, 0.2) is 23.1 Å². The van der Waals surface area contributed by atoms with Crippen LogP contribution in [0.1, 0.15) is 0 Å². The van der Waals surface area contributed by atoms with E-state index < -0.39 is 0 Å². The Hall–Kier alpha value is -8.02. The number of aromatic nitrogens is 4. The monoisotopic (exact) mass is 754 g/mol. The Labute approximate surface area is 341 Å². The van der Waals surface area contributed by atoms with Crippen LogP contribution >= 0.6 is 0 Å². The van der Waals surface area contributed by atoms with Gasteiger partial charge in [-0.3, -0.25) is 0 Å². The summed E-state index contributed by atoms with van der Waals surface area (Å²) in [5.74, 6) is 1.80. The van der Waals surface area contributed by atoms with E-state index in [9.17, 15) is 0 Å². The van der Waals surface area contributed by atoms with E-state index in [0.717, 1.165) is 94.2 Å². The molecule has 5 heteroatoms. The van der Waals surface area contributed by atoms with Gasteiger partial charge < -0.3 is 4.42 Å². The van der Waals surface area contributed by atoms with Gasteiger partial charge in [-0.2, -0.15) is 0 Å². The topological polar surface area (TPSA) is 64.7 Å². The van der Waals surface area contributed by atoms with Crippen molar-refractivity contribution in [1.82, 2.24) is 19.9 Å². The van der Waals surface area contributed by atoms with Crippen LogP contribution in [0.3, 0.4) is 0 Å². The first-order valence-electron chi connectivity index (χ1n) is 19.7. The van der Waals surface area contributed by atoms with Crippen molar-refractivity contribution in [2.24, 2.45) is 0 Å². The molecule has 0 fully saturated rings. The van der Waals surface area contributed by atoms with Crippen LogP contribution in [0.5, 0.6) is 0 Å². The number of nitrogens with zero attached hydrogens (tertiary/aromatic N) is 4. The highest BCUT2D eigenvalue weighted by atomic mass is 16.3. The molecular formula is C54H34N4O. The summed E-state index contributed by atoms with van der Waals surface area (Å²) in [7, 11) is 0. The molecule has 3 heterocycles. The van der Waals surface area contributed by atoms with Crippen LogP contribution in [0.15, 0.2) is 211 Å². The van der Waals surface area contributed by atoms with Gasteiger partial charge in [0.1, 0.15) is 11.3 Å². The van der Waals surface area contributed by atoms with Gasteiger partial charge in [-0.05, 0) is 51.6 Å². The molecule has 3 aromatic heterocycles. The number of benzene rings is 8. The zero-order chi connectivity index (χ0) is 39.1. The molecule has 0 saturated heterocycles. The molecule has 0 aliphatic heterocycles. The van der Waals surface area contributed by atoms with Gasteiger partial charge in [-0.1, -0.05) is 188 Å². The fraction of sp³-hybridized carbons (Fsp3) is 0. The fourth-order valence-corrected chi connectivity index (χ4v) is 7.92. The third-order valence-electron chi connectivity index (χ3n) is 11.0. The molecule has 11 aromatic rings. The fourth-order valence-electron chi connectivity index (χ4n) is 7.92. The van der Waals surface area contributed by atoms with Gasteiger partial charge in [-0.25, -0.2) is 19.9 Å². The zero-order valence-electron chi connectivity index (χ0n) is 31.8. The molecule has 59 heavy (non-hydrogen) atoms. The van der Waals surface area contributed by atoms with Crippen molar-refractivity contribution in [2.75, 3.05) is 0 Å². The van der Waals surface area contributed by atoms with Gasteiger partial charge in [0, 0.05) is 38.4 Å². The Kier molecular flexibility index (Phi) is 8.41. The van der Waals surface area contributed by atoms with Crippen LogP contribution in [0.25, 0.3) is 112 Å². The number of hydrogen-bond acceptors (Lipinski definition) is 5. The molecule has 0 bridgehead atoms. The van der Waals surface area contributed by atoms with Gasteiger partial charge in [-0.15, -0.1) is 0 Å². The highest BCUT2D eigenvalue weighted by Gasteiger charge is 2.19. The molecule has 0 saturated carbocycles. The van der Waals surface area contributed by atoms with E-state index in [1.54, 1.807) is 0 Å². The molecule has 5 nitrogen and oxygen atoms in total. The van der Waals surface area contributed by atoms with Gasteiger partial charge in [0.25, 0.3) is 0 Å². The lowest BCUT2D eigenvalue weighted by molar-refractivity contribution is 0.669. The maximum absolute atomic E-state index is 6.61. The second kappa shape index (κ2) is 14.5. The predicted molar refractivity (Wildman–Crippen MR) is 240 cm³/mol. The SMILES string of the molecule is c1ccc(-c2ccc(-c3nc(-c4ccc(-c5ccccc5)cc4)nc(-c4ccc(-c5nc6ccc(-c7ccccc7)cc6c6c5oc5ccccc56)cc4)n3)cc2)cc1. The number of pyridine rings is 1. The summed E-state index contributed by atoms with van der Waals surface area (Å²) in [6.07, 6.45) is 0. The Morgan fingerprint density at radius 3 is 1.19 bits per heavy atom. The summed E-state index contributed by atoms with van der Waals surface area (Å²) in [6.45, 7) is 0. The zero-order valence-corrected chi connectivity index (χ0v) is 31.8. The summed E-state index contributed by atoms with van der Waals surface area (Å²) in [4.78, 5) is 20.4. The third-order valence-corrected chi connectivity index (χ3v) is 11.0. The van der Waals surface area contributed by atoms with Crippen molar-refractivity contribution < 1.29 is 4.42 Å². The molecule has 0 spiro atoms. The Morgan fingerprint density at radius 1 is 0.288 bits per heavy atom. The minimum absolute atomic E-state index is 0.588. The average Bonchev–Trinajstić information content (AvgIpc) is 3.72. The van der Waals surface area contributed by atoms with Crippen LogP contribution in [-0.4, -0.2) is 19.9 Å². The summed E-state index contributed by atoms with van der Waals surface area (Å²) < 4.78 is 6.61. The van der Waals surface area contributed by atoms with Gasteiger partial charge >= 0.3 is 0 Å². The molecule has 0 aliphatic rings. The molecule has 11 rings (SSSR count).